The molecule has 0 heterocycles. The Balaban J connectivity index is 4.38. The Bertz CT molecular complexity index is 130. The van der Waals surface area contributed by atoms with Crippen LogP contribution in [0.4, 0.5) is 0 Å². The summed E-state index contributed by atoms with van der Waals surface area (Å²) in [4.78, 5) is 0. The zero-order valence-electron chi connectivity index (χ0n) is 9.51. The molecule has 0 fully saturated rings. The summed E-state index contributed by atoms with van der Waals surface area (Å²) in [7, 11) is 0. The van der Waals surface area contributed by atoms with Crippen molar-refractivity contribution in [1.82, 2.24) is 0 Å². The van der Waals surface area contributed by atoms with Crippen molar-refractivity contribution < 1.29 is 5.11 Å². The molecule has 2 heteroatoms. The fourth-order valence-corrected chi connectivity index (χ4v) is 1.70. The second-order valence-corrected chi connectivity index (χ2v) is 4.60. The van der Waals surface area contributed by atoms with Crippen LogP contribution in [-0.2, 0) is 0 Å². The van der Waals surface area contributed by atoms with Crippen LogP contribution in [0.15, 0.2) is 0 Å². The summed E-state index contributed by atoms with van der Waals surface area (Å²) in [5.74, 6) is 1.11. The summed E-state index contributed by atoms with van der Waals surface area (Å²) in [5, 5.41) is 9.41. The monoisotopic (exact) mass is 187 g/mol. The third kappa shape index (κ3) is 3.28. The van der Waals surface area contributed by atoms with Gasteiger partial charge in [-0.15, -0.1) is 0 Å². The van der Waals surface area contributed by atoms with Crippen molar-refractivity contribution >= 4 is 0 Å². The topological polar surface area (TPSA) is 46.2 Å². The molecule has 3 N–H and O–H groups in total. The summed E-state index contributed by atoms with van der Waals surface area (Å²) in [5.41, 5.74) is 5.70. The van der Waals surface area contributed by atoms with Gasteiger partial charge < -0.3 is 10.8 Å². The average Bonchev–Trinajstić information content (AvgIpc) is 2.13. The van der Waals surface area contributed by atoms with Crippen LogP contribution in [0.5, 0.6) is 0 Å². The smallest absolute Gasteiger partial charge is 0.0502 e. The van der Waals surface area contributed by atoms with Gasteiger partial charge in [0.1, 0.15) is 0 Å². The van der Waals surface area contributed by atoms with E-state index in [1.807, 2.05) is 0 Å². The van der Waals surface area contributed by atoms with E-state index in [2.05, 4.69) is 27.7 Å². The first-order chi connectivity index (χ1) is 6.02. The predicted molar refractivity (Wildman–Crippen MR) is 57.5 cm³/mol. The molecule has 0 bridgehead atoms. The minimum Gasteiger partial charge on any atom is -0.396 e. The molecule has 2 nitrogen and oxygen atoms in total. The first kappa shape index (κ1) is 12.9. The largest absolute Gasteiger partial charge is 0.396 e. The van der Waals surface area contributed by atoms with Crippen molar-refractivity contribution in [3.63, 3.8) is 0 Å². The summed E-state index contributed by atoms with van der Waals surface area (Å²) in [6, 6.07) is 0. The molecule has 0 aromatic carbocycles. The Morgan fingerprint density at radius 2 is 1.85 bits per heavy atom. The lowest BCUT2D eigenvalue weighted by molar-refractivity contribution is 0.0593. The molecule has 0 aliphatic carbocycles. The lowest BCUT2D eigenvalue weighted by atomic mass is 9.71. The van der Waals surface area contributed by atoms with E-state index in [-0.39, 0.29) is 12.0 Å². The summed E-state index contributed by atoms with van der Waals surface area (Å²) >= 11 is 0. The lowest BCUT2D eigenvalue weighted by Crippen LogP contribution is -2.40. The SMILES string of the molecule is CCC(C)CC(CN)(CO)C(C)C. The summed E-state index contributed by atoms with van der Waals surface area (Å²) in [6.07, 6.45) is 2.20. The van der Waals surface area contributed by atoms with E-state index in [0.717, 1.165) is 12.8 Å². The van der Waals surface area contributed by atoms with Gasteiger partial charge in [-0.05, 0) is 18.3 Å². The molecular formula is C11H25NO. The van der Waals surface area contributed by atoms with Crippen LogP contribution in [-0.4, -0.2) is 18.3 Å². The Morgan fingerprint density at radius 3 is 2.08 bits per heavy atom. The Morgan fingerprint density at radius 1 is 1.31 bits per heavy atom. The molecule has 0 aromatic heterocycles. The average molecular weight is 187 g/mol. The maximum atomic E-state index is 9.41. The standard InChI is InChI=1S/C11H25NO/c1-5-10(4)6-11(7-12,8-13)9(2)3/h9-10,13H,5-8,12H2,1-4H3. The molecular weight excluding hydrogens is 162 g/mol. The molecule has 0 saturated carbocycles. The first-order valence-corrected chi connectivity index (χ1v) is 5.33. The number of hydrogen-bond acceptors (Lipinski definition) is 2. The van der Waals surface area contributed by atoms with Crippen molar-refractivity contribution in [3.05, 3.63) is 0 Å². The third-order valence-corrected chi connectivity index (χ3v) is 3.40. The molecule has 0 radical (unpaired) electrons. The van der Waals surface area contributed by atoms with Crippen LogP contribution >= 0.6 is 0 Å². The van der Waals surface area contributed by atoms with Gasteiger partial charge in [0.25, 0.3) is 0 Å². The van der Waals surface area contributed by atoms with Gasteiger partial charge in [-0.25, -0.2) is 0 Å². The van der Waals surface area contributed by atoms with Gasteiger partial charge in [0.2, 0.25) is 0 Å². The Hall–Kier alpha value is -0.0800. The molecule has 0 saturated heterocycles. The zero-order valence-corrected chi connectivity index (χ0v) is 9.51. The van der Waals surface area contributed by atoms with Crippen molar-refractivity contribution in [2.24, 2.45) is 23.0 Å². The highest BCUT2D eigenvalue weighted by Gasteiger charge is 2.32. The number of nitrogens with two attached hydrogens (primary N) is 1. The minimum absolute atomic E-state index is 0.0601. The van der Waals surface area contributed by atoms with Gasteiger partial charge in [-0.3, -0.25) is 0 Å². The van der Waals surface area contributed by atoms with Crippen molar-refractivity contribution in [2.45, 2.75) is 40.5 Å². The molecule has 2 atom stereocenters. The highest BCUT2D eigenvalue weighted by molar-refractivity contribution is 4.84. The van der Waals surface area contributed by atoms with Crippen LogP contribution in [0.2, 0.25) is 0 Å². The van der Waals surface area contributed by atoms with E-state index in [0.29, 0.717) is 18.4 Å². The fraction of sp³-hybridized carbons (Fsp3) is 1.00. The predicted octanol–water partition coefficient (Wildman–Crippen LogP) is 2.02. The molecule has 0 aliphatic rings. The van der Waals surface area contributed by atoms with Gasteiger partial charge >= 0.3 is 0 Å². The van der Waals surface area contributed by atoms with Crippen LogP contribution in [0.1, 0.15) is 40.5 Å². The van der Waals surface area contributed by atoms with E-state index < -0.39 is 0 Å². The van der Waals surface area contributed by atoms with Crippen LogP contribution in [0.3, 0.4) is 0 Å². The lowest BCUT2D eigenvalue weighted by Gasteiger charge is -2.36. The molecule has 0 aromatic rings. The maximum absolute atomic E-state index is 9.41. The van der Waals surface area contributed by atoms with E-state index in [1.54, 1.807) is 0 Å². The van der Waals surface area contributed by atoms with E-state index in [4.69, 9.17) is 5.73 Å². The molecule has 0 rings (SSSR count). The molecule has 13 heavy (non-hydrogen) atoms. The third-order valence-electron chi connectivity index (χ3n) is 3.40. The van der Waals surface area contributed by atoms with E-state index >= 15 is 0 Å². The minimum atomic E-state index is -0.0601. The van der Waals surface area contributed by atoms with E-state index in [9.17, 15) is 5.11 Å². The fourth-order valence-electron chi connectivity index (χ4n) is 1.70. The van der Waals surface area contributed by atoms with Gasteiger partial charge in [0.05, 0.1) is 6.61 Å². The van der Waals surface area contributed by atoms with Crippen molar-refractivity contribution in [2.75, 3.05) is 13.2 Å². The Kier molecular flexibility index (Phi) is 5.57. The molecule has 0 aliphatic heterocycles. The van der Waals surface area contributed by atoms with Crippen molar-refractivity contribution in [1.29, 1.82) is 0 Å². The highest BCUT2D eigenvalue weighted by Crippen LogP contribution is 2.34. The number of aliphatic hydroxyl groups excluding tert-OH is 1. The van der Waals surface area contributed by atoms with Gasteiger partial charge in [-0.2, -0.15) is 0 Å². The van der Waals surface area contributed by atoms with Crippen molar-refractivity contribution in [3.8, 4) is 0 Å². The first-order valence-electron chi connectivity index (χ1n) is 5.33. The molecule has 0 spiro atoms. The zero-order chi connectivity index (χ0) is 10.5. The van der Waals surface area contributed by atoms with Gasteiger partial charge in [-0.1, -0.05) is 34.1 Å². The number of hydrogen-bond donors (Lipinski definition) is 2. The van der Waals surface area contributed by atoms with Crippen LogP contribution in [0, 0.1) is 17.3 Å². The second-order valence-electron chi connectivity index (χ2n) is 4.60. The quantitative estimate of drug-likeness (QED) is 0.668. The number of rotatable bonds is 6. The van der Waals surface area contributed by atoms with Gasteiger partial charge in [0, 0.05) is 12.0 Å². The normalized spacial score (nSPS) is 18.7. The van der Waals surface area contributed by atoms with E-state index in [1.165, 1.54) is 0 Å². The molecule has 80 valence electrons. The summed E-state index contributed by atoms with van der Waals surface area (Å²) < 4.78 is 0. The Labute approximate surface area is 82.5 Å². The molecule has 0 amide bonds. The van der Waals surface area contributed by atoms with Crippen LogP contribution in [0.25, 0.3) is 0 Å². The van der Waals surface area contributed by atoms with Gasteiger partial charge in [0.15, 0.2) is 0 Å². The molecule has 2 unspecified atom stereocenters. The maximum Gasteiger partial charge on any atom is 0.0502 e. The van der Waals surface area contributed by atoms with Crippen LogP contribution < -0.4 is 5.73 Å². The highest BCUT2D eigenvalue weighted by atomic mass is 16.3. The summed E-state index contributed by atoms with van der Waals surface area (Å²) in [6.45, 7) is 9.50. The second kappa shape index (κ2) is 5.61. The number of aliphatic hydroxyl groups is 1.